The summed E-state index contributed by atoms with van der Waals surface area (Å²) < 4.78 is 0. The summed E-state index contributed by atoms with van der Waals surface area (Å²) in [6.07, 6.45) is 1.67. The van der Waals surface area contributed by atoms with Crippen molar-refractivity contribution in [1.82, 2.24) is 4.98 Å². The number of carbonyl (C=O) groups excluding carboxylic acids is 1. The summed E-state index contributed by atoms with van der Waals surface area (Å²) in [5.74, 6) is 1.24. The molecule has 0 amide bonds. The summed E-state index contributed by atoms with van der Waals surface area (Å²) in [4.78, 5) is 13.9. The number of rotatable bonds is 2. The zero-order chi connectivity index (χ0) is 8.27. The van der Waals surface area contributed by atoms with Crippen LogP contribution in [0.1, 0.15) is 17.3 Å². The van der Waals surface area contributed by atoms with Gasteiger partial charge in [0.05, 0.1) is 5.56 Å². The number of nitrogens with one attached hydrogen (secondary N) is 1. The van der Waals surface area contributed by atoms with Crippen LogP contribution in [0.5, 0.6) is 0 Å². The molecule has 4 heteroatoms. The Morgan fingerprint density at radius 1 is 1.82 bits per heavy atom. The largest absolute Gasteiger partial charge is 0.385 e. The molecule has 1 rings (SSSR count). The molecule has 0 aliphatic heterocycles. The van der Waals surface area contributed by atoms with Crippen molar-refractivity contribution in [2.45, 2.75) is 6.92 Å². The van der Waals surface area contributed by atoms with Crippen molar-refractivity contribution in [3.05, 3.63) is 17.8 Å². The van der Waals surface area contributed by atoms with Crippen molar-refractivity contribution >= 4 is 22.7 Å². The Morgan fingerprint density at radius 3 is 3.00 bits per heavy atom. The summed E-state index contributed by atoms with van der Waals surface area (Å²) in [6, 6.07) is 1.69. The highest BCUT2D eigenvalue weighted by molar-refractivity contribution is 8.14. The third-order valence-electron chi connectivity index (χ3n) is 1.27. The van der Waals surface area contributed by atoms with Gasteiger partial charge in [-0.05, 0) is 11.8 Å². The van der Waals surface area contributed by atoms with E-state index in [1.54, 1.807) is 12.3 Å². The molecule has 0 aromatic carbocycles. The molecule has 0 atom stereocenters. The molecular formula is C7H10N2OS. The molecule has 0 aliphatic rings. The van der Waals surface area contributed by atoms with Gasteiger partial charge in [-0.1, -0.05) is 18.7 Å². The number of aromatic nitrogens is 1. The molecule has 0 spiro atoms. The van der Waals surface area contributed by atoms with Crippen LogP contribution in [0.15, 0.2) is 12.3 Å². The first-order chi connectivity index (χ1) is 5.25. The second-order valence-corrected chi connectivity index (χ2v) is 3.26. The highest BCUT2D eigenvalue weighted by atomic mass is 32.2. The van der Waals surface area contributed by atoms with Gasteiger partial charge in [-0.2, -0.15) is 0 Å². The lowest BCUT2D eigenvalue weighted by Crippen LogP contribution is -1.97. The number of hydrogen-bond acceptors (Lipinski definition) is 3. The predicted molar refractivity (Wildman–Crippen MR) is 47.7 cm³/mol. The standard InChI is InChI=1S/C7H10N2OS/c1-2-11-7(10)5-3-4-9-6(5)8/h3-4,9H,2,8H2,1H3. The molecule has 0 radical (unpaired) electrons. The first-order valence-corrected chi connectivity index (χ1v) is 4.34. The first-order valence-electron chi connectivity index (χ1n) is 3.35. The molecule has 0 saturated carbocycles. The van der Waals surface area contributed by atoms with E-state index in [-0.39, 0.29) is 5.12 Å². The molecule has 0 aliphatic carbocycles. The third kappa shape index (κ3) is 1.77. The number of thioether (sulfide) groups is 1. The van der Waals surface area contributed by atoms with E-state index < -0.39 is 0 Å². The van der Waals surface area contributed by atoms with Crippen molar-refractivity contribution in [1.29, 1.82) is 0 Å². The van der Waals surface area contributed by atoms with Crippen molar-refractivity contribution < 1.29 is 4.79 Å². The minimum absolute atomic E-state index is 0.0336. The Labute approximate surface area is 69.4 Å². The number of aromatic amines is 1. The fourth-order valence-electron chi connectivity index (χ4n) is 0.769. The van der Waals surface area contributed by atoms with Gasteiger partial charge < -0.3 is 10.7 Å². The molecule has 0 bridgehead atoms. The average molecular weight is 170 g/mol. The van der Waals surface area contributed by atoms with E-state index >= 15 is 0 Å². The Balaban J connectivity index is 2.76. The van der Waals surface area contributed by atoms with Crippen molar-refractivity contribution in [2.75, 3.05) is 11.5 Å². The Kier molecular flexibility index (Phi) is 2.59. The lowest BCUT2D eigenvalue weighted by Gasteiger charge is -1.94. The molecular weight excluding hydrogens is 160 g/mol. The van der Waals surface area contributed by atoms with Gasteiger partial charge in [0.2, 0.25) is 5.12 Å². The lowest BCUT2D eigenvalue weighted by atomic mass is 10.3. The maximum atomic E-state index is 11.2. The Bertz CT molecular complexity index is 257. The smallest absolute Gasteiger partial charge is 0.223 e. The normalized spacial score (nSPS) is 9.91. The molecule has 0 unspecified atom stereocenters. The maximum Gasteiger partial charge on any atom is 0.223 e. The van der Waals surface area contributed by atoms with Gasteiger partial charge >= 0.3 is 0 Å². The third-order valence-corrected chi connectivity index (χ3v) is 2.05. The molecule has 11 heavy (non-hydrogen) atoms. The summed E-state index contributed by atoms with van der Waals surface area (Å²) in [5.41, 5.74) is 6.06. The summed E-state index contributed by atoms with van der Waals surface area (Å²) in [6.45, 7) is 1.94. The molecule has 1 aromatic rings. The van der Waals surface area contributed by atoms with Crippen LogP contribution >= 0.6 is 11.8 Å². The van der Waals surface area contributed by atoms with E-state index in [1.165, 1.54) is 11.8 Å². The second kappa shape index (κ2) is 3.48. The Hall–Kier alpha value is -0.900. The minimum atomic E-state index is 0.0336. The van der Waals surface area contributed by atoms with Crippen LogP contribution in [0.3, 0.4) is 0 Å². The number of anilines is 1. The molecule has 3 N–H and O–H groups in total. The van der Waals surface area contributed by atoms with Crippen LogP contribution in [0.25, 0.3) is 0 Å². The fourth-order valence-corrected chi connectivity index (χ4v) is 1.36. The zero-order valence-electron chi connectivity index (χ0n) is 6.26. The quantitative estimate of drug-likeness (QED) is 0.707. The fraction of sp³-hybridized carbons (Fsp3) is 0.286. The lowest BCUT2D eigenvalue weighted by molar-refractivity contribution is 0.109. The topological polar surface area (TPSA) is 58.9 Å². The van der Waals surface area contributed by atoms with E-state index in [0.717, 1.165) is 5.75 Å². The SMILES string of the molecule is CCSC(=O)c1cc[nH]c1N. The van der Waals surface area contributed by atoms with E-state index in [9.17, 15) is 4.79 Å². The van der Waals surface area contributed by atoms with Gasteiger partial charge in [-0.25, -0.2) is 0 Å². The van der Waals surface area contributed by atoms with E-state index in [4.69, 9.17) is 5.73 Å². The van der Waals surface area contributed by atoms with Crippen LogP contribution in [0, 0.1) is 0 Å². The monoisotopic (exact) mass is 170 g/mol. The summed E-state index contributed by atoms with van der Waals surface area (Å²) >= 11 is 1.26. The van der Waals surface area contributed by atoms with Gasteiger partial charge in [0.15, 0.2) is 0 Å². The van der Waals surface area contributed by atoms with Crippen LogP contribution < -0.4 is 5.73 Å². The van der Waals surface area contributed by atoms with E-state index in [2.05, 4.69) is 4.98 Å². The predicted octanol–water partition coefficient (Wildman–Crippen LogP) is 1.49. The average Bonchev–Trinajstić information content (AvgIpc) is 2.36. The molecule has 1 heterocycles. The number of H-pyrrole nitrogens is 1. The molecule has 1 aromatic heterocycles. The van der Waals surface area contributed by atoms with Gasteiger partial charge in [0.25, 0.3) is 0 Å². The van der Waals surface area contributed by atoms with Gasteiger partial charge in [-0.3, -0.25) is 4.79 Å². The van der Waals surface area contributed by atoms with E-state index in [0.29, 0.717) is 11.4 Å². The van der Waals surface area contributed by atoms with Gasteiger partial charge in [0.1, 0.15) is 5.82 Å². The summed E-state index contributed by atoms with van der Waals surface area (Å²) in [7, 11) is 0. The van der Waals surface area contributed by atoms with E-state index in [1.807, 2.05) is 6.92 Å². The van der Waals surface area contributed by atoms with Crippen molar-refractivity contribution in [3.8, 4) is 0 Å². The zero-order valence-corrected chi connectivity index (χ0v) is 7.07. The Morgan fingerprint density at radius 2 is 2.55 bits per heavy atom. The van der Waals surface area contributed by atoms with Crippen molar-refractivity contribution in [3.63, 3.8) is 0 Å². The van der Waals surface area contributed by atoms with Crippen LogP contribution in [-0.4, -0.2) is 15.9 Å². The highest BCUT2D eigenvalue weighted by Crippen LogP contribution is 2.16. The number of carbonyl (C=O) groups is 1. The van der Waals surface area contributed by atoms with Gasteiger partial charge in [-0.15, -0.1) is 0 Å². The first kappa shape index (κ1) is 8.20. The molecule has 60 valence electrons. The van der Waals surface area contributed by atoms with Gasteiger partial charge in [0, 0.05) is 6.20 Å². The minimum Gasteiger partial charge on any atom is -0.385 e. The molecule has 0 fully saturated rings. The highest BCUT2D eigenvalue weighted by Gasteiger charge is 2.08. The number of nitrogen functional groups attached to an aromatic ring is 1. The number of nitrogens with two attached hydrogens (primary N) is 1. The van der Waals surface area contributed by atoms with Crippen LogP contribution in [0.2, 0.25) is 0 Å². The van der Waals surface area contributed by atoms with Crippen LogP contribution in [0.4, 0.5) is 5.82 Å². The number of hydrogen-bond donors (Lipinski definition) is 2. The van der Waals surface area contributed by atoms with Crippen LogP contribution in [-0.2, 0) is 0 Å². The molecule has 3 nitrogen and oxygen atoms in total. The maximum absolute atomic E-state index is 11.2. The molecule has 0 saturated heterocycles. The van der Waals surface area contributed by atoms with Crippen molar-refractivity contribution in [2.24, 2.45) is 0 Å². The second-order valence-electron chi connectivity index (χ2n) is 2.03. The summed E-state index contributed by atoms with van der Waals surface area (Å²) in [5, 5.41) is 0.0336.